The number of hydrogen-bond acceptors (Lipinski definition) is 2. The van der Waals surface area contributed by atoms with E-state index in [-0.39, 0.29) is 5.82 Å². The van der Waals surface area contributed by atoms with E-state index in [0.717, 1.165) is 24.1 Å². The Morgan fingerprint density at radius 2 is 2.19 bits per heavy atom. The van der Waals surface area contributed by atoms with Crippen LogP contribution in [0.1, 0.15) is 13.3 Å². The molecule has 1 aromatic carbocycles. The molecular formula is C12H16BrFN2. The van der Waals surface area contributed by atoms with Gasteiger partial charge in [-0.15, -0.1) is 0 Å². The van der Waals surface area contributed by atoms with Gasteiger partial charge < -0.3 is 10.6 Å². The summed E-state index contributed by atoms with van der Waals surface area (Å²) < 4.78 is 13.8. The van der Waals surface area contributed by atoms with Crippen LogP contribution in [0.5, 0.6) is 0 Å². The zero-order valence-corrected chi connectivity index (χ0v) is 11.1. The number of nitrogens with two attached hydrogens (primary N) is 1. The summed E-state index contributed by atoms with van der Waals surface area (Å²) in [4.78, 5) is 2.04. The molecule has 1 aromatic rings. The molecule has 0 heterocycles. The van der Waals surface area contributed by atoms with Crippen LogP contribution in [0.15, 0.2) is 16.6 Å². The van der Waals surface area contributed by atoms with E-state index in [0.29, 0.717) is 10.2 Å². The van der Waals surface area contributed by atoms with E-state index in [1.165, 1.54) is 12.5 Å². The van der Waals surface area contributed by atoms with E-state index >= 15 is 0 Å². The normalized spacial score (nSPS) is 23.2. The highest BCUT2D eigenvalue weighted by Gasteiger charge is 2.33. The van der Waals surface area contributed by atoms with Crippen LogP contribution in [0.4, 0.5) is 15.8 Å². The summed E-state index contributed by atoms with van der Waals surface area (Å²) in [5.41, 5.74) is 7.28. The molecule has 1 saturated carbocycles. The van der Waals surface area contributed by atoms with Crippen molar-refractivity contribution in [1.82, 2.24) is 0 Å². The van der Waals surface area contributed by atoms with Crippen molar-refractivity contribution >= 4 is 27.3 Å². The number of anilines is 2. The maximum Gasteiger partial charge on any atom is 0.139 e. The first-order valence-corrected chi connectivity index (χ1v) is 6.24. The Kier molecular flexibility index (Phi) is 3.10. The van der Waals surface area contributed by atoms with E-state index in [9.17, 15) is 4.39 Å². The molecule has 16 heavy (non-hydrogen) atoms. The van der Waals surface area contributed by atoms with Gasteiger partial charge in [-0.3, -0.25) is 0 Å². The molecule has 0 amide bonds. The van der Waals surface area contributed by atoms with Gasteiger partial charge in [0.15, 0.2) is 0 Å². The fourth-order valence-corrected chi connectivity index (χ4v) is 2.35. The van der Waals surface area contributed by atoms with Crippen LogP contribution in [0.2, 0.25) is 0 Å². The molecule has 1 aliphatic carbocycles. The van der Waals surface area contributed by atoms with Crippen LogP contribution >= 0.6 is 15.9 Å². The lowest BCUT2D eigenvalue weighted by Crippen LogP contribution is -2.21. The number of nitrogens with zero attached hydrogens (tertiary/aromatic N) is 1. The second-order valence-corrected chi connectivity index (χ2v) is 5.53. The first kappa shape index (κ1) is 11.7. The molecule has 2 unspecified atom stereocenters. The summed E-state index contributed by atoms with van der Waals surface area (Å²) >= 11 is 3.13. The standard InChI is InChI=1S/C12H16BrFN2/c1-7-3-8(7)6-16(2)12-5-10(14)9(13)4-11(12)15/h4-5,7-8H,3,6,15H2,1-2H3. The molecule has 0 spiro atoms. The van der Waals surface area contributed by atoms with E-state index < -0.39 is 0 Å². The molecule has 0 aliphatic heterocycles. The highest BCUT2D eigenvalue weighted by Crippen LogP contribution is 2.39. The molecule has 2 rings (SSSR count). The second-order valence-electron chi connectivity index (χ2n) is 4.68. The van der Waals surface area contributed by atoms with Crippen LogP contribution in [-0.2, 0) is 0 Å². The maximum absolute atomic E-state index is 13.4. The summed E-state index contributed by atoms with van der Waals surface area (Å²) in [5.74, 6) is 1.26. The lowest BCUT2D eigenvalue weighted by molar-refractivity contribution is 0.620. The number of halogens is 2. The average molecular weight is 287 g/mol. The van der Waals surface area contributed by atoms with Crippen LogP contribution in [0.3, 0.4) is 0 Å². The number of nitrogen functional groups attached to an aromatic ring is 1. The van der Waals surface area contributed by atoms with Crippen LogP contribution in [0.25, 0.3) is 0 Å². The molecule has 0 saturated heterocycles. The van der Waals surface area contributed by atoms with E-state index in [2.05, 4.69) is 22.9 Å². The maximum atomic E-state index is 13.4. The van der Waals surface area contributed by atoms with Gasteiger partial charge in [-0.25, -0.2) is 4.39 Å². The Labute approximate surface area is 104 Å². The Bertz CT molecular complexity index is 408. The van der Waals surface area contributed by atoms with Crippen LogP contribution in [0, 0.1) is 17.7 Å². The zero-order valence-electron chi connectivity index (χ0n) is 9.50. The molecule has 0 bridgehead atoms. The summed E-state index contributed by atoms with van der Waals surface area (Å²) in [5, 5.41) is 0. The zero-order chi connectivity index (χ0) is 11.9. The molecule has 0 radical (unpaired) electrons. The van der Waals surface area contributed by atoms with Gasteiger partial charge >= 0.3 is 0 Å². The van der Waals surface area contributed by atoms with Gasteiger partial charge in [-0.05, 0) is 40.3 Å². The third-order valence-corrected chi connectivity index (χ3v) is 3.87. The van der Waals surface area contributed by atoms with Gasteiger partial charge in [-0.1, -0.05) is 6.92 Å². The third kappa shape index (κ3) is 2.32. The predicted molar refractivity (Wildman–Crippen MR) is 69.1 cm³/mol. The molecule has 2 atom stereocenters. The monoisotopic (exact) mass is 286 g/mol. The summed E-state index contributed by atoms with van der Waals surface area (Å²) in [6, 6.07) is 3.12. The molecule has 88 valence electrons. The lowest BCUT2D eigenvalue weighted by atomic mass is 10.2. The minimum absolute atomic E-state index is 0.264. The fourth-order valence-electron chi connectivity index (χ4n) is 1.99. The predicted octanol–water partition coefficient (Wildman–Crippen LogP) is 3.26. The fraction of sp³-hybridized carbons (Fsp3) is 0.500. The van der Waals surface area contributed by atoms with Crippen molar-refractivity contribution in [3.8, 4) is 0 Å². The Balaban J connectivity index is 2.15. The summed E-state index contributed by atoms with van der Waals surface area (Å²) in [6.45, 7) is 3.19. The van der Waals surface area contributed by atoms with Gasteiger partial charge in [0.25, 0.3) is 0 Å². The minimum Gasteiger partial charge on any atom is -0.397 e. The van der Waals surface area contributed by atoms with Gasteiger partial charge in [0.05, 0.1) is 15.8 Å². The van der Waals surface area contributed by atoms with Crippen molar-refractivity contribution < 1.29 is 4.39 Å². The first-order valence-electron chi connectivity index (χ1n) is 5.44. The quantitative estimate of drug-likeness (QED) is 0.865. The van der Waals surface area contributed by atoms with Crippen molar-refractivity contribution in [2.45, 2.75) is 13.3 Å². The average Bonchev–Trinajstić information content (AvgIpc) is 2.87. The molecule has 2 N–H and O–H groups in total. The molecule has 1 fully saturated rings. The molecule has 1 aliphatic rings. The molecule has 2 nitrogen and oxygen atoms in total. The minimum atomic E-state index is -0.264. The van der Waals surface area contributed by atoms with E-state index in [1.54, 1.807) is 6.07 Å². The summed E-state index contributed by atoms with van der Waals surface area (Å²) in [7, 11) is 1.96. The number of rotatable bonds is 3. The second kappa shape index (κ2) is 4.24. The molecular weight excluding hydrogens is 271 g/mol. The Morgan fingerprint density at radius 1 is 1.56 bits per heavy atom. The smallest absolute Gasteiger partial charge is 0.139 e. The third-order valence-electron chi connectivity index (χ3n) is 3.27. The largest absolute Gasteiger partial charge is 0.397 e. The molecule has 0 aromatic heterocycles. The Morgan fingerprint density at radius 3 is 2.75 bits per heavy atom. The van der Waals surface area contributed by atoms with Crippen LogP contribution in [-0.4, -0.2) is 13.6 Å². The highest BCUT2D eigenvalue weighted by atomic mass is 79.9. The van der Waals surface area contributed by atoms with E-state index in [1.807, 2.05) is 11.9 Å². The number of benzene rings is 1. The van der Waals surface area contributed by atoms with E-state index in [4.69, 9.17) is 5.73 Å². The SMILES string of the molecule is CC1CC1CN(C)c1cc(F)c(Br)cc1N. The van der Waals surface area contributed by atoms with Crippen molar-refractivity contribution in [2.75, 3.05) is 24.2 Å². The van der Waals surface area contributed by atoms with Gasteiger partial charge in [-0.2, -0.15) is 0 Å². The lowest BCUT2D eigenvalue weighted by Gasteiger charge is -2.21. The number of hydrogen-bond donors (Lipinski definition) is 1. The first-order chi connectivity index (χ1) is 7.49. The Hall–Kier alpha value is -0.770. The highest BCUT2D eigenvalue weighted by molar-refractivity contribution is 9.10. The molecule has 4 heteroatoms. The van der Waals surface area contributed by atoms with Crippen molar-refractivity contribution in [3.63, 3.8) is 0 Å². The van der Waals surface area contributed by atoms with Gasteiger partial charge in [0, 0.05) is 19.7 Å². The van der Waals surface area contributed by atoms with Gasteiger partial charge in [0.2, 0.25) is 0 Å². The van der Waals surface area contributed by atoms with Crippen LogP contribution < -0.4 is 10.6 Å². The summed E-state index contributed by atoms with van der Waals surface area (Å²) in [6.07, 6.45) is 1.27. The van der Waals surface area contributed by atoms with Crippen molar-refractivity contribution in [1.29, 1.82) is 0 Å². The van der Waals surface area contributed by atoms with Gasteiger partial charge in [0.1, 0.15) is 5.82 Å². The van der Waals surface area contributed by atoms with Crippen molar-refractivity contribution in [3.05, 3.63) is 22.4 Å². The van der Waals surface area contributed by atoms with Crippen molar-refractivity contribution in [2.24, 2.45) is 11.8 Å². The topological polar surface area (TPSA) is 29.3 Å².